The van der Waals surface area contributed by atoms with Gasteiger partial charge in [0.1, 0.15) is 0 Å². The molecule has 1 aromatic heterocycles. The molecule has 1 aliphatic heterocycles. The molecule has 132 valence electrons. The van der Waals surface area contributed by atoms with Gasteiger partial charge in [-0.25, -0.2) is 14.2 Å². The summed E-state index contributed by atoms with van der Waals surface area (Å²) in [6.45, 7) is 3.31. The number of anilines is 1. The number of rotatable bonds is 4. The van der Waals surface area contributed by atoms with Gasteiger partial charge in [0.25, 0.3) is 0 Å². The Kier molecular flexibility index (Phi) is 3.98. The lowest BCUT2D eigenvalue weighted by Gasteiger charge is -2.34. The molecule has 1 aromatic rings. The molecule has 1 atom stereocenters. The fourth-order valence-electron chi connectivity index (χ4n) is 4.96. The second-order valence-electron chi connectivity index (χ2n) is 7.76. The molecule has 2 heterocycles. The Morgan fingerprint density at radius 2 is 1.96 bits per heavy atom. The summed E-state index contributed by atoms with van der Waals surface area (Å²) < 4.78 is 6.55. The van der Waals surface area contributed by atoms with E-state index in [1.807, 2.05) is 0 Å². The smallest absolute Gasteiger partial charge is 0.355 e. The maximum absolute atomic E-state index is 12.4. The highest BCUT2D eigenvalue weighted by atomic mass is 16.5. The van der Waals surface area contributed by atoms with Crippen molar-refractivity contribution in [3.63, 3.8) is 0 Å². The molecule has 7 nitrogen and oxygen atoms in total. The lowest BCUT2D eigenvalue weighted by molar-refractivity contribution is 0.0670. The maximum Gasteiger partial charge on any atom is 0.355 e. The van der Waals surface area contributed by atoms with Crippen LogP contribution in [-0.2, 0) is 4.74 Å². The second kappa shape index (κ2) is 6.02. The summed E-state index contributed by atoms with van der Waals surface area (Å²) in [5.41, 5.74) is -0.530. The summed E-state index contributed by atoms with van der Waals surface area (Å²) in [5.74, 6) is 1.17. The molecule has 3 fully saturated rings. The molecule has 1 saturated heterocycles. The van der Waals surface area contributed by atoms with Gasteiger partial charge in [-0.1, -0.05) is 0 Å². The Labute approximate surface area is 140 Å². The van der Waals surface area contributed by atoms with E-state index < -0.39 is 5.69 Å². The van der Waals surface area contributed by atoms with Crippen molar-refractivity contribution in [3.8, 4) is 0 Å². The molecule has 2 aliphatic carbocycles. The molecule has 7 heteroatoms. The number of fused-ring (bicyclic) bond motifs is 2. The van der Waals surface area contributed by atoms with Crippen LogP contribution in [0.1, 0.15) is 57.9 Å². The summed E-state index contributed by atoms with van der Waals surface area (Å²) in [6, 6.07) is 0.101. The zero-order valence-corrected chi connectivity index (χ0v) is 14.2. The molecule has 0 spiro atoms. The average molecular weight is 334 g/mol. The predicted octanol–water partition coefficient (Wildman–Crippen LogP) is 1.66. The average Bonchev–Trinajstić information content (AvgIpc) is 3.17. The predicted molar refractivity (Wildman–Crippen MR) is 90.3 cm³/mol. The van der Waals surface area contributed by atoms with E-state index in [2.05, 4.69) is 22.2 Å². The standard InChI is InChI=1S/C17H26N4O3/c1-11(17-6-2-12(10-17)3-7-17)18-14-19-15(22)21(16(23)20-14)13-4-8-24-9-5-13/h11-13H,2-10H2,1H3,(H2,18,19,20,22,23). The molecule has 2 saturated carbocycles. The molecular weight excluding hydrogens is 308 g/mol. The molecule has 4 rings (SSSR count). The zero-order chi connectivity index (χ0) is 16.7. The van der Waals surface area contributed by atoms with Crippen LogP contribution in [0, 0.1) is 11.3 Å². The number of H-pyrrole nitrogens is 1. The highest BCUT2D eigenvalue weighted by Gasteiger charge is 2.48. The summed E-state index contributed by atoms with van der Waals surface area (Å²) >= 11 is 0. The van der Waals surface area contributed by atoms with Gasteiger partial charge in [-0.15, -0.1) is 0 Å². The van der Waals surface area contributed by atoms with Gasteiger partial charge in [-0.2, -0.15) is 4.98 Å². The highest BCUT2D eigenvalue weighted by Crippen LogP contribution is 2.56. The van der Waals surface area contributed by atoms with Crippen molar-refractivity contribution in [3.05, 3.63) is 21.0 Å². The first-order valence-corrected chi connectivity index (χ1v) is 9.14. The molecular formula is C17H26N4O3. The van der Waals surface area contributed by atoms with Crippen molar-refractivity contribution in [2.24, 2.45) is 11.3 Å². The van der Waals surface area contributed by atoms with E-state index in [4.69, 9.17) is 4.74 Å². The van der Waals surface area contributed by atoms with E-state index in [1.54, 1.807) is 0 Å². The quantitative estimate of drug-likeness (QED) is 0.874. The third-order valence-electron chi connectivity index (χ3n) is 6.48. The van der Waals surface area contributed by atoms with Crippen molar-refractivity contribution >= 4 is 5.95 Å². The Morgan fingerprint density at radius 3 is 2.54 bits per heavy atom. The third kappa shape index (κ3) is 2.68. The van der Waals surface area contributed by atoms with Crippen LogP contribution in [0.2, 0.25) is 0 Å². The topological polar surface area (TPSA) is 89.0 Å². The molecule has 0 aromatic carbocycles. The fourth-order valence-corrected chi connectivity index (χ4v) is 4.96. The number of aromatic nitrogens is 3. The maximum atomic E-state index is 12.4. The number of hydrogen-bond acceptors (Lipinski definition) is 5. The SMILES string of the molecule is CC(Nc1nc(=O)n(C2CCOCC2)c(=O)[nH]1)C12CCC(CC1)C2. The van der Waals surface area contributed by atoms with Crippen LogP contribution in [0.15, 0.2) is 9.59 Å². The minimum atomic E-state index is -0.464. The van der Waals surface area contributed by atoms with Gasteiger partial charge in [-0.05, 0) is 63.2 Å². The van der Waals surface area contributed by atoms with Crippen molar-refractivity contribution in [1.29, 1.82) is 0 Å². The van der Waals surface area contributed by atoms with Gasteiger partial charge in [0.2, 0.25) is 5.95 Å². The minimum Gasteiger partial charge on any atom is -0.381 e. The first-order valence-electron chi connectivity index (χ1n) is 9.14. The van der Waals surface area contributed by atoms with Crippen molar-refractivity contribution in [2.75, 3.05) is 18.5 Å². The molecule has 0 amide bonds. The van der Waals surface area contributed by atoms with E-state index >= 15 is 0 Å². The normalized spacial score (nSPS) is 31.3. The Bertz CT molecular complexity index is 680. The molecule has 3 aliphatic rings. The molecule has 2 bridgehead atoms. The summed E-state index contributed by atoms with van der Waals surface area (Å²) in [6.07, 6.45) is 7.69. The first kappa shape index (κ1) is 15.9. The largest absolute Gasteiger partial charge is 0.381 e. The van der Waals surface area contributed by atoms with Crippen LogP contribution in [0.4, 0.5) is 5.95 Å². The van der Waals surface area contributed by atoms with Gasteiger partial charge in [-0.3, -0.25) is 4.98 Å². The first-order chi connectivity index (χ1) is 11.6. The van der Waals surface area contributed by atoms with E-state index in [9.17, 15) is 9.59 Å². The molecule has 24 heavy (non-hydrogen) atoms. The lowest BCUT2D eigenvalue weighted by Crippen LogP contribution is -2.43. The number of nitrogens with one attached hydrogen (secondary N) is 2. The lowest BCUT2D eigenvalue weighted by atomic mass is 9.78. The van der Waals surface area contributed by atoms with E-state index in [1.165, 1.54) is 36.7 Å². The Balaban J connectivity index is 1.54. The van der Waals surface area contributed by atoms with Crippen molar-refractivity contribution in [1.82, 2.24) is 14.5 Å². The fraction of sp³-hybridized carbons (Fsp3) is 0.824. The van der Waals surface area contributed by atoms with Crippen molar-refractivity contribution < 1.29 is 4.74 Å². The summed E-state index contributed by atoms with van der Waals surface area (Å²) in [4.78, 5) is 31.6. The highest BCUT2D eigenvalue weighted by molar-refractivity contribution is 5.25. The zero-order valence-electron chi connectivity index (χ0n) is 14.2. The van der Waals surface area contributed by atoms with Crippen LogP contribution in [0.5, 0.6) is 0 Å². The van der Waals surface area contributed by atoms with Crippen LogP contribution >= 0.6 is 0 Å². The van der Waals surface area contributed by atoms with Crippen LogP contribution in [0.25, 0.3) is 0 Å². The van der Waals surface area contributed by atoms with Crippen molar-refractivity contribution in [2.45, 2.75) is 64.0 Å². The van der Waals surface area contributed by atoms with E-state index in [0.717, 1.165) is 5.92 Å². The van der Waals surface area contributed by atoms with E-state index in [0.29, 0.717) is 37.4 Å². The molecule has 2 N–H and O–H groups in total. The number of ether oxygens (including phenoxy) is 1. The number of aromatic amines is 1. The number of nitrogens with zero attached hydrogens (tertiary/aromatic N) is 2. The van der Waals surface area contributed by atoms with Crippen LogP contribution in [-0.4, -0.2) is 33.8 Å². The summed E-state index contributed by atoms with van der Waals surface area (Å²) in [5, 5.41) is 3.31. The minimum absolute atomic E-state index is 0.113. The summed E-state index contributed by atoms with van der Waals surface area (Å²) in [7, 11) is 0. The van der Waals surface area contributed by atoms with Gasteiger partial charge < -0.3 is 10.1 Å². The second-order valence-corrected chi connectivity index (χ2v) is 7.76. The van der Waals surface area contributed by atoms with Crippen LogP contribution in [0.3, 0.4) is 0 Å². The van der Waals surface area contributed by atoms with Gasteiger partial charge in [0.05, 0.1) is 0 Å². The molecule has 0 radical (unpaired) electrons. The number of hydrogen-bond donors (Lipinski definition) is 2. The van der Waals surface area contributed by atoms with E-state index in [-0.39, 0.29) is 17.8 Å². The van der Waals surface area contributed by atoms with Gasteiger partial charge >= 0.3 is 11.4 Å². The monoisotopic (exact) mass is 334 g/mol. The van der Waals surface area contributed by atoms with Gasteiger partial charge in [0, 0.05) is 25.3 Å². The van der Waals surface area contributed by atoms with Crippen LogP contribution < -0.4 is 16.7 Å². The molecule has 1 unspecified atom stereocenters. The third-order valence-corrected chi connectivity index (χ3v) is 6.48. The Morgan fingerprint density at radius 1 is 1.25 bits per heavy atom. The Hall–Kier alpha value is -1.63. The van der Waals surface area contributed by atoms with Gasteiger partial charge in [0.15, 0.2) is 0 Å².